The van der Waals surface area contributed by atoms with E-state index < -0.39 is 0 Å². The lowest BCUT2D eigenvalue weighted by atomic mass is 10.0. The summed E-state index contributed by atoms with van der Waals surface area (Å²) in [6.45, 7) is 0. The van der Waals surface area contributed by atoms with Gasteiger partial charge in [-0.25, -0.2) is 4.98 Å². The number of nitrogen functional groups attached to an aromatic ring is 1. The van der Waals surface area contributed by atoms with Crippen LogP contribution in [-0.4, -0.2) is 22.9 Å². The van der Waals surface area contributed by atoms with Gasteiger partial charge in [-0.1, -0.05) is 35.5 Å². The van der Waals surface area contributed by atoms with Crippen LogP contribution < -0.4 is 5.73 Å². The molecule has 0 saturated heterocycles. The van der Waals surface area contributed by atoms with Crippen LogP contribution >= 0.6 is 0 Å². The highest BCUT2D eigenvalue weighted by molar-refractivity contribution is 5.98. The number of imidazole rings is 1. The first-order valence-corrected chi connectivity index (χ1v) is 8.25. The van der Waals surface area contributed by atoms with Crippen molar-refractivity contribution in [2.75, 3.05) is 12.8 Å². The summed E-state index contributed by atoms with van der Waals surface area (Å²) in [6.07, 6.45) is 3.52. The molecule has 4 rings (SSSR count). The Hall–Kier alpha value is -3.60. The fraction of sp³-hybridized carbons (Fsp3) is 0.0476. The monoisotopic (exact) mass is 342 g/mol. The zero-order valence-electron chi connectivity index (χ0n) is 14.3. The van der Waals surface area contributed by atoms with Crippen molar-refractivity contribution in [2.24, 2.45) is 5.16 Å². The van der Waals surface area contributed by atoms with E-state index in [1.807, 2.05) is 54.9 Å². The Bertz CT molecular complexity index is 1080. The van der Waals surface area contributed by atoms with Crippen molar-refractivity contribution in [3.8, 4) is 16.8 Å². The molecule has 0 bridgehead atoms. The summed E-state index contributed by atoms with van der Waals surface area (Å²) >= 11 is 0. The first-order chi connectivity index (χ1) is 12.8. The van der Waals surface area contributed by atoms with E-state index >= 15 is 0 Å². The van der Waals surface area contributed by atoms with Gasteiger partial charge >= 0.3 is 0 Å². The average molecular weight is 342 g/mol. The topological polar surface area (TPSA) is 65.4 Å². The van der Waals surface area contributed by atoms with Gasteiger partial charge in [0.15, 0.2) is 0 Å². The number of para-hydroxylation sites is 1. The Kier molecular flexibility index (Phi) is 4.11. The number of aromatic nitrogens is 2. The molecular formula is C21H18N4O. The number of nitrogens with zero attached hydrogens (tertiary/aromatic N) is 3. The summed E-state index contributed by atoms with van der Waals surface area (Å²) in [5.41, 5.74) is 12.7. The molecule has 128 valence electrons. The molecule has 5 heteroatoms. The van der Waals surface area contributed by atoms with E-state index in [4.69, 9.17) is 10.6 Å². The average Bonchev–Trinajstić information content (AvgIpc) is 3.10. The van der Waals surface area contributed by atoms with E-state index in [0.717, 1.165) is 39.1 Å². The first kappa shape index (κ1) is 15.9. The van der Waals surface area contributed by atoms with Gasteiger partial charge in [-0.2, -0.15) is 0 Å². The molecule has 0 aliphatic carbocycles. The Morgan fingerprint density at radius 3 is 2.65 bits per heavy atom. The zero-order chi connectivity index (χ0) is 17.9. The molecule has 1 aromatic heterocycles. The van der Waals surface area contributed by atoms with Crippen LogP contribution in [0.5, 0.6) is 0 Å². The molecule has 0 aliphatic heterocycles. The van der Waals surface area contributed by atoms with E-state index in [0.29, 0.717) is 0 Å². The van der Waals surface area contributed by atoms with Gasteiger partial charge in [0.1, 0.15) is 13.4 Å². The van der Waals surface area contributed by atoms with Crippen molar-refractivity contribution in [1.29, 1.82) is 0 Å². The second-order valence-electron chi connectivity index (χ2n) is 5.93. The molecular weight excluding hydrogens is 324 g/mol. The SMILES string of the molecule is CO/N=C/c1cc(-c2cccc(N)c2)c2c(c1)ncn2-c1ccccc1. The van der Waals surface area contributed by atoms with Crippen molar-refractivity contribution in [3.63, 3.8) is 0 Å². The molecule has 0 spiro atoms. The lowest BCUT2D eigenvalue weighted by Crippen LogP contribution is -1.95. The quantitative estimate of drug-likeness (QED) is 0.342. The van der Waals surface area contributed by atoms with Gasteiger partial charge in [-0.05, 0) is 47.5 Å². The number of benzene rings is 3. The fourth-order valence-electron chi connectivity index (χ4n) is 3.07. The third-order valence-corrected chi connectivity index (χ3v) is 4.20. The highest BCUT2D eigenvalue weighted by Crippen LogP contribution is 2.32. The maximum atomic E-state index is 6.01. The van der Waals surface area contributed by atoms with Crippen molar-refractivity contribution in [1.82, 2.24) is 9.55 Å². The summed E-state index contributed by atoms with van der Waals surface area (Å²) in [6, 6.07) is 22.1. The number of nitrogens with two attached hydrogens (primary N) is 1. The van der Waals surface area contributed by atoms with Crippen LogP contribution in [0.25, 0.3) is 27.8 Å². The number of rotatable bonds is 4. The maximum absolute atomic E-state index is 6.01. The maximum Gasteiger partial charge on any atom is 0.106 e. The number of oxime groups is 1. The minimum absolute atomic E-state index is 0.720. The van der Waals surface area contributed by atoms with E-state index in [1.165, 1.54) is 7.11 Å². The lowest BCUT2D eigenvalue weighted by Gasteiger charge is -2.11. The Labute approximate surface area is 151 Å². The Morgan fingerprint density at radius 1 is 1.04 bits per heavy atom. The molecule has 3 aromatic carbocycles. The molecule has 4 aromatic rings. The van der Waals surface area contributed by atoms with Gasteiger partial charge in [-0.15, -0.1) is 0 Å². The van der Waals surface area contributed by atoms with Crippen molar-refractivity contribution < 1.29 is 4.84 Å². The van der Waals surface area contributed by atoms with Crippen molar-refractivity contribution >= 4 is 22.9 Å². The highest BCUT2D eigenvalue weighted by atomic mass is 16.6. The fourth-order valence-corrected chi connectivity index (χ4v) is 3.07. The molecule has 0 atom stereocenters. The zero-order valence-corrected chi connectivity index (χ0v) is 14.3. The van der Waals surface area contributed by atoms with Crippen LogP contribution in [0.3, 0.4) is 0 Å². The minimum atomic E-state index is 0.720. The molecule has 2 N–H and O–H groups in total. The third-order valence-electron chi connectivity index (χ3n) is 4.20. The van der Waals surface area contributed by atoms with E-state index in [-0.39, 0.29) is 0 Å². The summed E-state index contributed by atoms with van der Waals surface area (Å²) in [5.74, 6) is 0. The molecule has 5 nitrogen and oxygen atoms in total. The predicted octanol–water partition coefficient (Wildman–Crippen LogP) is 4.26. The van der Waals surface area contributed by atoms with Gasteiger partial charge in [0.25, 0.3) is 0 Å². The summed E-state index contributed by atoms with van der Waals surface area (Å²) in [5, 5.41) is 3.88. The van der Waals surface area contributed by atoms with Crippen LogP contribution in [0.4, 0.5) is 5.69 Å². The molecule has 26 heavy (non-hydrogen) atoms. The number of anilines is 1. The van der Waals surface area contributed by atoms with Crippen molar-refractivity contribution in [3.05, 3.63) is 78.6 Å². The number of hydrogen-bond donors (Lipinski definition) is 1. The van der Waals surface area contributed by atoms with Crippen molar-refractivity contribution in [2.45, 2.75) is 0 Å². The third kappa shape index (κ3) is 2.91. The molecule has 0 fully saturated rings. The van der Waals surface area contributed by atoms with Crippen LogP contribution in [0.1, 0.15) is 5.56 Å². The van der Waals surface area contributed by atoms with Crippen LogP contribution in [0, 0.1) is 0 Å². The standard InChI is InChI=1S/C21H18N4O/c1-26-24-13-15-10-19(16-6-5-7-17(22)12-16)21-20(11-15)23-14-25(21)18-8-3-2-4-9-18/h2-14H,22H2,1H3/b24-13+. The van der Waals surface area contributed by atoms with E-state index in [1.54, 1.807) is 6.21 Å². The van der Waals surface area contributed by atoms with Gasteiger partial charge in [-0.3, -0.25) is 4.57 Å². The summed E-state index contributed by atoms with van der Waals surface area (Å²) in [7, 11) is 1.53. The lowest BCUT2D eigenvalue weighted by molar-refractivity contribution is 0.215. The number of fused-ring (bicyclic) bond motifs is 1. The molecule has 0 radical (unpaired) electrons. The summed E-state index contributed by atoms with van der Waals surface area (Å²) < 4.78 is 2.09. The Balaban J connectivity index is 2.01. The molecule has 0 unspecified atom stereocenters. The van der Waals surface area contributed by atoms with E-state index in [9.17, 15) is 0 Å². The Morgan fingerprint density at radius 2 is 1.88 bits per heavy atom. The van der Waals surface area contributed by atoms with Gasteiger partial charge in [0, 0.05) is 16.9 Å². The predicted molar refractivity (Wildman–Crippen MR) is 106 cm³/mol. The van der Waals surface area contributed by atoms with E-state index in [2.05, 4.69) is 32.9 Å². The second-order valence-corrected chi connectivity index (χ2v) is 5.93. The molecule has 0 amide bonds. The van der Waals surface area contributed by atoms with Gasteiger partial charge in [0.05, 0.1) is 17.2 Å². The summed E-state index contributed by atoms with van der Waals surface area (Å²) in [4.78, 5) is 9.42. The minimum Gasteiger partial charge on any atom is -0.399 e. The van der Waals surface area contributed by atoms with Gasteiger partial charge < -0.3 is 10.6 Å². The smallest absolute Gasteiger partial charge is 0.106 e. The van der Waals surface area contributed by atoms with Crippen LogP contribution in [-0.2, 0) is 4.84 Å². The molecule has 1 heterocycles. The first-order valence-electron chi connectivity index (χ1n) is 8.25. The van der Waals surface area contributed by atoms with Crippen LogP contribution in [0.15, 0.2) is 78.2 Å². The number of hydrogen-bond acceptors (Lipinski definition) is 4. The highest BCUT2D eigenvalue weighted by Gasteiger charge is 2.13. The van der Waals surface area contributed by atoms with Crippen LogP contribution in [0.2, 0.25) is 0 Å². The van der Waals surface area contributed by atoms with Gasteiger partial charge in [0.2, 0.25) is 0 Å². The second kappa shape index (κ2) is 6.72. The molecule has 0 aliphatic rings. The normalized spacial score (nSPS) is 11.3. The largest absolute Gasteiger partial charge is 0.399 e. The molecule has 0 saturated carbocycles.